The molecule has 0 aliphatic heterocycles. The van der Waals surface area contributed by atoms with Crippen LogP contribution in [0.25, 0.3) is 10.8 Å². The first-order valence-corrected chi connectivity index (χ1v) is 11.4. The fourth-order valence-corrected chi connectivity index (χ4v) is 4.40. The highest BCUT2D eigenvalue weighted by molar-refractivity contribution is 7.89. The first-order valence-electron chi connectivity index (χ1n) is 8.45. The summed E-state index contributed by atoms with van der Waals surface area (Å²) < 4.78 is 49.0. The van der Waals surface area contributed by atoms with Crippen LogP contribution in [0.15, 0.2) is 76.5 Å². The quantitative estimate of drug-likeness (QED) is 0.612. The molecular formula is C19H19N3O5S2. The number of primary sulfonamides is 1. The number of anilines is 1. The summed E-state index contributed by atoms with van der Waals surface area (Å²) in [6.07, 6.45) is 0. The lowest BCUT2D eigenvalue weighted by Gasteiger charge is -2.17. The van der Waals surface area contributed by atoms with Gasteiger partial charge in [-0.15, -0.1) is 0 Å². The van der Waals surface area contributed by atoms with Crippen molar-refractivity contribution in [2.45, 2.75) is 9.79 Å². The summed E-state index contributed by atoms with van der Waals surface area (Å²) >= 11 is 0. The second-order valence-corrected chi connectivity index (χ2v) is 9.99. The Morgan fingerprint density at radius 1 is 0.897 bits per heavy atom. The molecule has 0 fully saturated rings. The van der Waals surface area contributed by atoms with Crippen molar-refractivity contribution < 1.29 is 21.6 Å². The van der Waals surface area contributed by atoms with Gasteiger partial charge in [-0.25, -0.2) is 22.0 Å². The number of benzene rings is 3. The molecule has 0 unspecified atom stereocenters. The number of likely N-dealkylation sites (N-methyl/N-ethyl adjacent to an activating group) is 1. The molecule has 0 bridgehead atoms. The molecule has 3 N–H and O–H groups in total. The van der Waals surface area contributed by atoms with Gasteiger partial charge in [0.05, 0.1) is 16.3 Å². The monoisotopic (exact) mass is 433 g/mol. The number of hydrogen-bond donors (Lipinski definition) is 2. The Bertz CT molecular complexity index is 1270. The summed E-state index contributed by atoms with van der Waals surface area (Å²) in [5.41, 5.74) is 0.318. The van der Waals surface area contributed by atoms with Crippen LogP contribution in [0.5, 0.6) is 0 Å². The van der Waals surface area contributed by atoms with E-state index in [0.717, 1.165) is 15.1 Å². The van der Waals surface area contributed by atoms with Crippen molar-refractivity contribution in [3.63, 3.8) is 0 Å². The standard InChI is InChI=1S/C19H19N3O5S2/c1-22(13-19(23)21-16-7-10-17(11-8-16)28(20,24)25)29(26,27)18-9-6-14-4-2-3-5-15(14)12-18/h2-12H,13H2,1H3,(H,21,23)(H2,20,24,25). The second-order valence-electron chi connectivity index (χ2n) is 6.39. The van der Waals surface area contributed by atoms with E-state index < -0.39 is 32.5 Å². The van der Waals surface area contributed by atoms with E-state index in [2.05, 4.69) is 5.32 Å². The van der Waals surface area contributed by atoms with Gasteiger partial charge in [0.2, 0.25) is 26.0 Å². The van der Waals surface area contributed by atoms with Gasteiger partial charge in [0.25, 0.3) is 0 Å². The summed E-state index contributed by atoms with van der Waals surface area (Å²) in [4.78, 5) is 12.2. The molecule has 0 aliphatic rings. The molecule has 0 radical (unpaired) electrons. The lowest BCUT2D eigenvalue weighted by Crippen LogP contribution is -2.35. The molecule has 0 aromatic heterocycles. The molecule has 3 aromatic rings. The van der Waals surface area contributed by atoms with Crippen LogP contribution >= 0.6 is 0 Å². The fourth-order valence-electron chi connectivity index (χ4n) is 2.72. The maximum absolute atomic E-state index is 12.8. The molecule has 10 heteroatoms. The van der Waals surface area contributed by atoms with E-state index in [1.54, 1.807) is 12.1 Å². The van der Waals surface area contributed by atoms with Gasteiger partial charge in [-0.1, -0.05) is 30.3 Å². The number of carbonyl (C=O) groups excluding carboxylic acids is 1. The Balaban J connectivity index is 1.72. The molecule has 29 heavy (non-hydrogen) atoms. The van der Waals surface area contributed by atoms with Crippen molar-refractivity contribution in [1.82, 2.24) is 4.31 Å². The Labute approximate surface area is 169 Å². The van der Waals surface area contributed by atoms with Crippen LogP contribution in [0.1, 0.15) is 0 Å². The summed E-state index contributed by atoms with van der Waals surface area (Å²) in [6.45, 7) is -0.411. The van der Waals surface area contributed by atoms with Gasteiger partial charge >= 0.3 is 0 Å². The number of carbonyl (C=O) groups is 1. The number of nitrogens with one attached hydrogen (secondary N) is 1. The van der Waals surface area contributed by atoms with Crippen LogP contribution < -0.4 is 10.5 Å². The highest BCUT2D eigenvalue weighted by atomic mass is 32.2. The SMILES string of the molecule is CN(CC(=O)Nc1ccc(S(N)(=O)=O)cc1)S(=O)(=O)c1ccc2ccccc2c1. The van der Waals surface area contributed by atoms with Crippen molar-refractivity contribution in [3.05, 3.63) is 66.7 Å². The summed E-state index contributed by atoms with van der Waals surface area (Å²) in [5.74, 6) is -0.569. The van der Waals surface area contributed by atoms with Crippen molar-refractivity contribution >= 4 is 42.4 Å². The normalized spacial score (nSPS) is 12.2. The summed E-state index contributed by atoms with van der Waals surface area (Å²) in [6, 6.07) is 17.4. The molecular weight excluding hydrogens is 414 g/mol. The minimum absolute atomic E-state index is 0.0870. The summed E-state index contributed by atoms with van der Waals surface area (Å²) in [5, 5.41) is 9.24. The lowest BCUT2D eigenvalue weighted by atomic mass is 10.1. The van der Waals surface area contributed by atoms with Gasteiger partial charge in [0, 0.05) is 12.7 Å². The molecule has 152 valence electrons. The maximum Gasteiger partial charge on any atom is 0.243 e. The first-order chi connectivity index (χ1) is 13.6. The second kappa shape index (κ2) is 7.91. The maximum atomic E-state index is 12.8. The van der Waals surface area contributed by atoms with Crippen molar-refractivity contribution in [3.8, 4) is 0 Å². The van der Waals surface area contributed by atoms with Gasteiger partial charge in [-0.05, 0) is 47.2 Å². The van der Waals surface area contributed by atoms with E-state index in [-0.39, 0.29) is 9.79 Å². The molecule has 8 nitrogen and oxygen atoms in total. The number of hydrogen-bond acceptors (Lipinski definition) is 5. The van der Waals surface area contributed by atoms with Crippen LogP contribution in [0.3, 0.4) is 0 Å². The lowest BCUT2D eigenvalue weighted by molar-refractivity contribution is -0.116. The van der Waals surface area contributed by atoms with Crippen molar-refractivity contribution in [2.24, 2.45) is 5.14 Å². The van der Waals surface area contributed by atoms with Crippen molar-refractivity contribution in [2.75, 3.05) is 18.9 Å². The van der Waals surface area contributed by atoms with Crippen LogP contribution in [0.2, 0.25) is 0 Å². The van der Waals surface area contributed by atoms with E-state index in [4.69, 9.17) is 5.14 Å². The van der Waals surface area contributed by atoms with E-state index >= 15 is 0 Å². The van der Waals surface area contributed by atoms with Crippen LogP contribution in [-0.2, 0) is 24.8 Å². The predicted octanol–water partition coefficient (Wildman–Crippen LogP) is 1.75. The van der Waals surface area contributed by atoms with Gasteiger partial charge in [-0.3, -0.25) is 4.79 Å². The van der Waals surface area contributed by atoms with E-state index in [0.29, 0.717) is 5.69 Å². The van der Waals surface area contributed by atoms with Gasteiger partial charge in [0.1, 0.15) is 0 Å². The minimum atomic E-state index is -3.87. The molecule has 0 spiro atoms. The largest absolute Gasteiger partial charge is 0.325 e. The smallest absolute Gasteiger partial charge is 0.243 e. The molecule has 3 aromatic carbocycles. The highest BCUT2D eigenvalue weighted by Gasteiger charge is 2.23. The van der Waals surface area contributed by atoms with Crippen LogP contribution in [-0.4, -0.2) is 40.6 Å². The van der Waals surface area contributed by atoms with E-state index in [9.17, 15) is 21.6 Å². The first kappa shape index (κ1) is 20.9. The van der Waals surface area contributed by atoms with Crippen LogP contribution in [0.4, 0.5) is 5.69 Å². The number of nitrogens with zero attached hydrogens (tertiary/aromatic N) is 1. The third-order valence-electron chi connectivity index (χ3n) is 4.26. The molecule has 1 amide bonds. The van der Waals surface area contributed by atoms with Gasteiger partial charge < -0.3 is 5.32 Å². The predicted molar refractivity (Wildman–Crippen MR) is 110 cm³/mol. The number of amides is 1. The number of fused-ring (bicyclic) bond motifs is 1. The summed E-state index contributed by atoms with van der Waals surface area (Å²) in [7, 11) is -6.39. The third kappa shape index (κ3) is 4.80. The Kier molecular flexibility index (Phi) is 5.71. The molecule has 0 heterocycles. The zero-order valence-corrected chi connectivity index (χ0v) is 17.1. The third-order valence-corrected chi connectivity index (χ3v) is 6.99. The van der Waals surface area contributed by atoms with Crippen LogP contribution in [0, 0.1) is 0 Å². The van der Waals surface area contributed by atoms with Gasteiger partial charge in [-0.2, -0.15) is 4.31 Å². The molecule has 0 saturated heterocycles. The number of nitrogens with two attached hydrogens (primary N) is 1. The minimum Gasteiger partial charge on any atom is -0.325 e. The molecule has 0 saturated carbocycles. The van der Waals surface area contributed by atoms with E-state index in [1.165, 1.54) is 37.4 Å². The molecule has 3 rings (SSSR count). The average molecular weight is 434 g/mol. The Morgan fingerprint density at radius 2 is 1.48 bits per heavy atom. The van der Waals surface area contributed by atoms with Gasteiger partial charge in [0.15, 0.2) is 0 Å². The fraction of sp³-hybridized carbons (Fsp3) is 0.105. The Hall–Kier alpha value is -2.79. The van der Waals surface area contributed by atoms with Crippen molar-refractivity contribution in [1.29, 1.82) is 0 Å². The van der Waals surface area contributed by atoms with E-state index in [1.807, 2.05) is 24.3 Å². The number of sulfonamides is 2. The number of rotatable bonds is 6. The Morgan fingerprint density at radius 3 is 2.10 bits per heavy atom. The zero-order valence-electron chi connectivity index (χ0n) is 15.4. The molecule has 0 atom stereocenters. The topological polar surface area (TPSA) is 127 Å². The highest BCUT2D eigenvalue weighted by Crippen LogP contribution is 2.21. The zero-order chi connectivity index (χ0) is 21.2. The molecule has 0 aliphatic carbocycles. The average Bonchev–Trinajstić information content (AvgIpc) is 2.67.